The normalized spacial score (nSPS) is 16.4. The molecule has 0 bridgehead atoms. The molecule has 0 amide bonds. The number of halogens is 1. The van der Waals surface area contributed by atoms with Crippen LogP contribution in [-0.4, -0.2) is 26.0 Å². The molecular weight excluding hydrogens is 349 g/mol. The molecule has 0 aliphatic heterocycles. The first-order valence-electron chi connectivity index (χ1n) is 7.55. The van der Waals surface area contributed by atoms with E-state index in [2.05, 4.69) is 0 Å². The number of hydrogen-bond acceptors (Lipinski definition) is 4. The van der Waals surface area contributed by atoms with Gasteiger partial charge >= 0.3 is 16.3 Å². The second-order valence-electron chi connectivity index (χ2n) is 5.71. The van der Waals surface area contributed by atoms with Crippen LogP contribution in [0.2, 0.25) is 0 Å². The number of esters is 1. The van der Waals surface area contributed by atoms with E-state index in [1.54, 1.807) is 18.2 Å². The molecule has 8 heteroatoms. The van der Waals surface area contributed by atoms with E-state index in [-0.39, 0.29) is 5.69 Å². The van der Waals surface area contributed by atoms with Gasteiger partial charge in [-0.25, -0.2) is 13.5 Å². The highest BCUT2D eigenvalue weighted by molar-refractivity contribution is 7.87. The molecule has 1 aliphatic carbocycles. The number of nitrogens with zero attached hydrogens (tertiary/aromatic N) is 1. The molecule has 0 saturated carbocycles. The molecule has 0 fully saturated rings. The standard InChI is InChI=1S/C17H16FNO5S/c1-24-17(20)12-3-2-11-4-9-16(15(11)10-12)19(25(21,22)23)14-7-5-13(18)6-8-14/h2-3,5-8,10,16H,4,9H2,1H3,(H,21,22,23). The van der Waals surface area contributed by atoms with Crippen molar-refractivity contribution in [3.63, 3.8) is 0 Å². The van der Waals surface area contributed by atoms with Gasteiger partial charge in [0.05, 0.1) is 24.4 Å². The Morgan fingerprint density at radius 1 is 1.24 bits per heavy atom. The molecular formula is C17H16FNO5S. The van der Waals surface area contributed by atoms with Crippen LogP contribution in [0.4, 0.5) is 10.1 Å². The van der Waals surface area contributed by atoms with Gasteiger partial charge in [0, 0.05) is 0 Å². The lowest BCUT2D eigenvalue weighted by molar-refractivity contribution is 0.0600. The third-order valence-corrected chi connectivity index (χ3v) is 5.19. The zero-order valence-electron chi connectivity index (χ0n) is 13.3. The topological polar surface area (TPSA) is 83.9 Å². The van der Waals surface area contributed by atoms with Crippen LogP contribution >= 0.6 is 0 Å². The Morgan fingerprint density at radius 3 is 2.52 bits per heavy atom. The van der Waals surface area contributed by atoms with Crippen molar-refractivity contribution < 1.29 is 26.9 Å². The fourth-order valence-electron chi connectivity index (χ4n) is 3.13. The summed E-state index contributed by atoms with van der Waals surface area (Å²) in [6.07, 6.45) is 1.02. The highest BCUT2D eigenvalue weighted by Gasteiger charge is 2.35. The zero-order chi connectivity index (χ0) is 18.2. The lowest BCUT2D eigenvalue weighted by Gasteiger charge is -2.28. The fourth-order valence-corrected chi connectivity index (χ4v) is 4.06. The van der Waals surface area contributed by atoms with Crippen molar-refractivity contribution in [3.05, 3.63) is 65.0 Å². The van der Waals surface area contributed by atoms with Gasteiger partial charge in [-0.3, -0.25) is 4.55 Å². The first-order chi connectivity index (χ1) is 11.8. The number of benzene rings is 2. The number of anilines is 1. The van der Waals surface area contributed by atoms with Crippen molar-refractivity contribution in [1.29, 1.82) is 0 Å². The van der Waals surface area contributed by atoms with Crippen molar-refractivity contribution >= 4 is 22.0 Å². The summed E-state index contributed by atoms with van der Waals surface area (Å²) < 4.78 is 52.4. The molecule has 0 aromatic heterocycles. The van der Waals surface area contributed by atoms with Gasteiger partial charge in [0.25, 0.3) is 0 Å². The van der Waals surface area contributed by atoms with Gasteiger partial charge in [0.15, 0.2) is 0 Å². The molecule has 1 atom stereocenters. The van der Waals surface area contributed by atoms with Crippen LogP contribution in [0, 0.1) is 5.82 Å². The van der Waals surface area contributed by atoms with Crippen LogP contribution < -0.4 is 4.31 Å². The van der Waals surface area contributed by atoms with E-state index in [1.165, 1.54) is 19.2 Å². The maximum atomic E-state index is 13.2. The summed E-state index contributed by atoms with van der Waals surface area (Å²) in [5, 5.41) is 0. The molecule has 132 valence electrons. The van der Waals surface area contributed by atoms with Gasteiger partial charge in [0.2, 0.25) is 0 Å². The number of carbonyl (C=O) groups excluding carboxylic acids is 1. The van der Waals surface area contributed by atoms with E-state index >= 15 is 0 Å². The highest BCUT2D eigenvalue weighted by Crippen LogP contribution is 2.40. The summed E-state index contributed by atoms with van der Waals surface area (Å²) in [4.78, 5) is 11.7. The fraction of sp³-hybridized carbons (Fsp3) is 0.235. The third kappa shape index (κ3) is 3.35. The number of aryl methyl sites for hydroxylation is 1. The number of fused-ring (bicyclic) bond motifs is 1. The SMILES string of the molecule is COC(=O)c1ccc2c(c1)C(N(c1ccc(F)cc1)S(=O)(=O)O)CC2. The van der Waals surface area contributed by atoms with E-state index in [1.807, 2.05) is 0 Å². The minimum atomic E-state index is -4.60. The maximum Gasteiger partial charge on any atom is 0.360 e. The molecule has 1 unspecified atom stereocenters. The second kappa shape index (κ2) is 6.45. The first kappa shape index (κ1) is 17.4. The maximum absolute atomic E-state index is 13.2. The predicted octanol–water partition coefficient (Wildman–Crippen LogP) is 2.91. The zero-order valence-corrected chi connectivity index (χ0v) is 14.2. The van der Waals surface area contributed by atoms with Crippen LogP contribution in [0.25, 0.3) is 0 Å². The molecule has 6 nitrogen and oxygen atoms in total. The number of ether oxygens (including phenoxy) is 1. The van der Waals surface area contributed by atoms with Gasteiger partial charge in [-0.05, 0) is 60.4 Å². The molecule has 25 heavy (non-hydrogen) atoms. The number of hydrogen-bond donors (Lipinski definition) is 1. The molecule has 1 N–H and O–H groups in total. The van der Waals surface area contributed by atoms with E-state index in [4.69, 9.17) is 4.74 Å². The van der Waals surface area contributed by atoms with Gasteiger partial charge < -0.3 is 4.74 Å². The van der Waals surface area contributed by atoms with Crippen LogP contribution in [0.3, 0.4) is 0 Å². The Hall–Kier alpha value is -2.45. The molecule has 2 aromatic rings. The molecule has 0 heterocycles. The Labute approximate surface area is 144 Å². The van der Waals surface area contributed by atoms with E-state index < -0.39 is 28.1 Å². The molecule has 3 rings (SSSR count). The number of carbonyl (C=O) groups is 1. The lowest BCUT2D eigenvalue weighted by Crippen LogP contribution is -2.33. The van der Waals surface area contributed by atoms with Gasteiger partial charge in [-0.15, -0.1) is 0 Å². The van der Waals surface area contributed by atoms with Crippen molar-refractivity contribution in [1.82, 2.24) is 0 Å². The van der Waals surface area contributed by atoms with Crippen molar-refractivity contribution in [2.24, 2.45) is 0 Å². The molecule has 0 saturated heterocycles. The third-order valence-electron chi connectivity index (χ3n) is 4.23. The summed E-state index contributed by atoms with van der Waals surface area (Å²) >= 11 is 0. The highest BCUT2D eigenvalue weighted by atomic mass is 32.2. The van der Waals surface area contributed by atoms with Crippen LogP contribution in [0.15, 0.2) is 42.5 Å². The smallest absolute Gasteiger partial charge is 0.360 e. The Balaban J connectivity index is 2.08. The van der Waals surface area contributed by atoms with E-state index in [9.17, 15) is 22.2 Å². The monoisotopic (exact) mass is 365 g/mol. The molecule has 0 radical (unpaired) electrons. The number of methoxy groups -OCH3 is 1. The largest absolute Gasteiger partial charge is 0.465 e. The van der Waals surface area contributed by atoms with Crippen molar-refractivity contribution in [2.75, 3.05) is 11.4 Å². The summed E-state index contributed by atoms with van der Waals surface area (Å²) in [7, 11) is -3.34. The van der Waals surface area contributed by atoms with Crippen LogP contribution in [-0.2, 0) is 21.5 Å². The first-order valence-corrected chi connectivity index (χ1v) is 8.94. The van der Waals surface area contributed by atoms with Gasteiger partial charge in [-0.2, -0.15) is 8.42 Å². The minimum Gasteiger partial charge on any atom is -0.465 e. The van der Waals surface area contributed by atoms with Crippen molar-refractivity contribution in [3.8, 4) is 0 Å². The van der Waals surface area contributed by atoms with Crippen molar-refractivity contribution in [2.45, 2.75) is 18.9 Å². The lowest BCUT2D eigenvalue weighted by atomic mass is 10.0. The number of rotatable bonds is 4. The molecule has 2 aromatic carbocycles. The quantitative estimate of drug-likeness (QED) is 0.665. The Bertz CT molecular complexity index is 911. The minimum absolute atomic E-state index is 0.144. The van der Waals surface area contributed by atoms with E-state index in [0.717, 1.165) is 22.0 Å². The average molecular weight is 365 g/mol. The summed E-state index contributed by atoms with van der Waals surface area (Å²) in [6.45, 7) is 0. The second-order valence-corrected chi connectivity index (χ2v) is 7.00. The summed E-state index contributed by atoms with van der Waals surface area (Å²) in [6, 6.07) is 9.04. The summed E-state index contributed by atoms with van der Waals surface area (Å²) in [5.41, 5.74) is 1.94. The van der Waals surface area contributed by atoms with Crippen LogP contribution in [0.1, 0.15) is 33.9 Å². The predicted molar refractivity (Wildman–Crippen MR) is 89.3 cm³/mol. The molecule has 0 spiro atoms. The Kier molecular flexibility index (Phi) is 4.49. The van der Waals surface area contributed by atoms with E-state index in [0.29, 0.717) is 24.0 Å². The average Bonchev–Trinajstić information content (AvgIpc) is 2.98. The molecule has 1 aliphatic rings. The van der Waals surface area contributed by atoms with Gasteiger partial charge in [-0.1, -0.05) is 6.07 Å². The Morgan fingerprint density at radius 2 is 1.92 bits per heavy atom. The van der Waals surface area contributed by atoms with Crippen LogP contribution in [0.5, 0.6) is 0 Å². The van der Waals surface area contributed by atoms with Gasteiger partial charge in [0.1, 0.15) is 5.82 Å². The summed E-state index contributed by atoms with van der Waals surface area (Å²) in [5.74, 6) is -1.05.